The van der Waals surface area contributed by atoms with Crippen LogP contribution in [-0.2, 0) is 17.0 Å². The van der Waals surface area contributed by atoms with Crippen LogP contribution in [0.2, 0.25) is 0 Å². The highest BCUT2D eigenvalue weighted by atomic mass is 32.2. The van der Waals surface area contributed by atoms with Crippen LogP contribution >= 0.6 is 23.1 Å². The first kappa shape index (κ1) is 15.1. The molecule has 2 rings (SSSR count). The predicted octanol–water partition coefficient (Wildman–Crippen LogP) is 3.34. The first-order valence-electron chi connectivity index (χ1n) is 6.42. The van der Waals surface area contributed by atoms with E-state index in [4.69, 9.17) is 0 Å². The van der Waals surface area contributed by atoms with E-state index in [0.29, 0.717) is 6.42 Å². The van der Waals surface area contributed by atoms with Crippen molar-refractivity contribution in [2.75, 3.05) is 7.05 Å². The first-order chi connectivity index (χ1) is 9.58. The van der Waals surface area contributed by atoms with E-state index in [0.717, 1.165) is 15.8 Å². The number of thiazole rings is 1. The van der Waals surface area contributed by atoms with Gasteiger partial charge in [-0.15, -0.1) is 11.3 Å². The molecule has 1 aromatic carbocycles. The Labute approximate surface area is 127 Å². The Morgan fingerprint density at radius 3 is 2.95 bits per heavy atom. The average molecular weight is 306 g/mol. The summed E-state index contributed by atoms with van der Waals surface area (Å²) in [4.78, 5) is 15.8. The fourth-order valence-electron chi connectivity index (χ4n) is 1.78. The fraction of sp³-hybridized carbons (Fsp3) is 0.333. The molecule has 0 spiro atoms. The minimum Gasteiger partial charge on any atom is -0.359 e. The summed E-state index contributed by atoms with van der Waals surface area (Å²) in [7, 11) is 1.64. The number of amides is 1. The summed E-state index contributed by atoms with van der Waals surface area (Å²) in [6, 6.07) is 6.51. The molecule has 0 fully saturated rings. The maximum absolute atomic E-state index is 11.3. The molecule has 3 nitrogen and oxygen atoms in total. The van der Waals surface area contributed by atoms with Crippen molar-refractivity contribution in [1.29, 1.82) is 0 Å². The lowest BCUT2D eigenvalue weighted by molar-refractivity contribution is -0.120. The number of nitrogens with one attached hydrogen (secondary N) is 1. The first-order valence-corrected chi connectivity index (χ1v) is 8.29. The molecule has 0 saturated carbocycles. The number of hydrogen-bond donors (Lipinski definition) is 1. The quantitative estimate of drug-likeness (QED) is 0.862. The fourth-order valence-corrected chi connectivity index (χ4v) is 3.69. The van der Waals surface area contributed by atoms with Crippen molar-refractivity contribution in [2.24, 2.45) is 0 Å². The van der Waals surface area contributed by atoms with Gasteiger partial charge < -0.3 is 5.32 Å². The topological polar surface area (TPSA) is 42.0 Å². The smallest absolute Gasteiger partial charge is 0.225 e. The van der Waals surface area contributed by atoms with Crippen molar-refractivity contribution < 1.29 is 4.79 Å². The van der Waals surface area contributed by atoms with Gasteiger partial charge in [0.1, 0.15) is 4.34 Å². The summed E-state index contributed by atoms with van der Waals surface area (Å²) < 4.78 is 1.02. The monoisotopic (exact) mass is 306 g/mol. The highest BCUT2D eigenvalue weighted by molar-refractivity contribution is 8.00. The predicted molar refractivity (Wildman–Crippen MR) is 85.4 cm³/mol. The average Bonchev–Trinajstić information content (AvgIpc) is 2.87. The third kappa shape index (κ3) is 4.08. The van der Waals surface area contributed by atoms with Gasteiger partial charge in [-0.3, -0.25) is 4.79 Å². The summed E-state index contributed by atoms with van der Waals surface area (Å²) in [5.41, 5.74) is 4.78. The molecule has 0 saturated heterocycles. The Balaban J connectivity index is 1.97. The van der Waals surface area contributed by atoms with Crippen LogP contribution in [0.5, 0.6) is 0 Å². The van der Waals surface area contributed by atoms with Gasteiger partial charge in [0, 0.05) is 18.2 Å². The molecular weight excluding hydrogens is 288 g/mol. The Hall–Kier alpha value is -1.33. The van der Waals surface area contributed by atoms with Crippen molar-refractivity contribution in [1.82, 2.24) is 10.3 Å². The number of carbonyl (C=O) groups excluding carboxylic acids is 1. The molecule has 0 bridgehead atoms. The molecule has 2 aromatic rings. The van der Waals surface area contributed by atoms with Crippen LogP contribution in [0.25, 0.3) is 0 Å². The van der Waals surface area contributed by atoms with Gasteiger partial charge in [0.15, 0.2) is 0 Å². The van der Waals surface area contributed by atoms with Gasteiger partial charge in [-0.2, -0.15) is 0 Å². The Bertz CT molecular complexity index is 608. The normalized spacial score (nSPS) is 10.6. The number of nitrogens with zero attached hydrogens (tertiary/aromatic N) is 1. The Morgan fingerprint density at radius 2 is 2.20 bits per heavy atom. The molecule has 0 aliphatic heterocycles. The molecule has 5 heteroatoms. The maximum atomic E-state index is 11.3. The van der Waals surface area contributed by atoms with Crippen LogP contribution in [0.3, 0.4) is 0 Å². The number of likely N-dealkylation sites (N-methyl/N-ethyl adjacent to an activating group) is 1. The zero-order chi connectivity index (χ0) is 14.5. The minimum atomic E-state index is 0.00128. The molecule has 0 aliphatic carbocycles. The molecule has 0 atom stereocenters. The van der Waals surface area contributed by atoms with Gasteiger partial charge in [0.25, 0.3) is 0 Å². The molecule has 0 radical (unpaired) electrons. The lowest BCUT2D eigenvalue weighted by Crippen LogP contribution is -2.19. The van der Waals surface area contributed by atoms with Gasteiger partial charge in [0.05, 0.1) is 12.1 Å². The third-order valence-electron chi connectivity index (χ3n) is 3.01. The van der Waals surface area contributed by atoms with E-state index >= 15 is 0 Å². The Morgan fingerprint density at radius 1 is 1.40 bits per heavy atom. The number of aromatic nitrogens is 1. The van der Waals surface area contributed by atoms with Crippen LogP contribution in [0.1, 0.15) is 22.4 Å². The number of aryl methyl sites for hydroxylation is 2. The highest BCUT2D eigenvalue weighted by Gasteiger charge is 2.07. The van der Waals surface area contributed by atoms with Gasteiger partial charge in [-0.25, -0.2) is 4.98 Å². The SMILES string of the molecule is CNC(=O)Cc1csc(SCc2cc(C)ccc2C)n1. The lowest BCUT2D eigenvalue weighted by atomic mass is 10.1. The van der Waals surface area contributed by atoms with Crippen LogP contribution < -0.4 is 5.32 Å². The Kier molecular flexibility index (Phi) is 5.20. The number of benzene rings is 1. The summed E-state index contributed by atoms with van der Waals surface area (Å²) >= 11 is 3.33. The summed E-state index contributed by atoms with van der Waals surface area (Å²) in [5, 5.41) is 4.57. The largest absolute Gasteiger partial charge is 0.359 e. The zero-order valence-electron chi connectivity index (χ0n) is 11.9. The number of hydrogen-bond acceptors (Lipinski definition) is 4. The molecular formula is C15H18N2OS2. The van der Waals surface area contributed by atoms with Crippen molar-refractivity contribution in [3.63, 3.8) is 0 Å². The summed E-state index contributed by atoms with van der Waals surface area (Å²) in [6.45, 7) is 4.24. The van der Waals surface area contributed by atoms with Crippen LogP contribution in [0.15, 0.2) is 27.9 Å². The van der Waals surface area contributed by atoms with Crippen LogP contribution in [0.4, 0.5) is 0 Å². The molecule has 1 N–H and O–H groups in total. The molecule has 1 heterocycles. The standard InChI is InChI=1S/C15H18N2OS2/c1-10-4-5-11(2)12(6-10)8-19-15-17-13(9-20-15)7-14(18)16-3/h4-6,9H,7-8H2,1-3H3,(H,16,18). The second-order valence-electron chi connectivity index (χ2n) is 4.67. The second kappa shape index (κ2) is 6.90. The van der Waals surface area contributed by atoms with Gasteiger partial charge in [-0.1, -0.05) is 35.5 Å². The van der Waals surface area contributed by atoms with E-state index in [1.54, 1.807) is 30.1 Å². The molecule has 106 valence electrons. The van der Waals surface area contributed by atoms with Crippen LogP contribution in [0, 0.1) is 13.8 Å². The molecule has 1 amide bonds. The maximum Gasteiger partial charge on any atom is 0.225 e. The molecule has 0 unspecified atom stereocenters. The van der Waals surface area contributed by atoms with Gasteiger partial charge >= 0.3 is 0 Å². The van der Waals surface area contributed by atoms with Crippen LogP contribution in [-0.4, -0.2) is 17.9 Å². The summed E-state index contributed by atoms with van der Waals surface area (Å²) in [5.74, 6) is 0.918. The van der Waals surface area contributed by atoms with Gasteiger partial charge in [-0.05, 0) is 25.0 Å². The number of rotatable bonds is 5. The molecule has 20 heavy (non-hydrogen) atoms. The van der Waals surface area contributed by atoms with E-state index in [2.05, 4.69) is 42.3 Å². The number of carbonyl (C=O) groups is 1. The number of thioether (sulfide) groups is 1. The van der Waals surface area contributed by atoms with Crippen molar-refractivity contribution in [3.05, 3.63) is 46.0 Å². The third-order valence-corrected chi connectivity index (χ3v) is 5.13. The highest BCUT2D eigenvalue weighted by Crippen LogP contribution is 2.27. The van der Waals surface area contributed by atoms with E-state index < -0.39 is 0 Å². The lowest BCUT2D eigenvalue weighted by Gasteiger charge is -2.05. The molecule has 0 aliphatic rings. The van der Waals surface area contributed by atoms with Gasteiger partial charge in [0.2, 0.25) is 5.91 Å². The van der Waals surface area contributed by atoms with Crippen molar-refractivity contribution in [2.45, 2.75) is 30.4 Å². The van der Waals surface area contributed by atoms with Crippen molar-refractivity contribution >= 4 is 29.0 Å². The van der Waals surface area contributed by atoms with E-state index in [-0.39, 0.29) is 5.91 Å². The second-order valence-corrected chi connectivity index (χ2v) is 6.75. The molecule has 1 aromatic heterocycles. The van der Waals surface area contributed by atoms with E-state index in [9.17, 15) is 4.79 Å². The van der Waals surface area contributed by atoms with E-state index in [1.807, 2.05) is 5.38 Å². The zero-order valence-corrected chi connectivity index (χ0v) is 13.5. The minimum absolute atomic E-state index is 0.00128. The van der Waals surface area contributed by atoms with Crippen molar-refractivity contribution in [3.8, 4) is 0 Å². The van der Waals surface area contributed by atoms with E-state index in [1.165, 1.54) is 16.7 Å². The summed E-state index contributed by atoms with van der Waals surface area (Å²) in [6.07, 6.45) is 0.358.